The van der Waals surface area contributed by atoms with E-state index in [1.807, 2.05) is 0 Å². The number of nitrogens with one attached hydrogen (secondary N) is 1. The third-order valence-electron chi connectivity index (χ3n) is 3.29. The molecule has 7 nitrogen and oxygen atoms in total. The van der Waals surface area contributed by atoms with Gasteiger partial charge in [-0.05, 0) is 26.0 Å². The van der Waals surface area contributed by atoms with E-state index < -0.39 is 15.9 Å². The molecule has 2 rings (SSSR count). The van der Waals surface area contributed by atoms with Gasteiger partial charge in [0.05, 0.1) is 24.1 Å². The minimum Gasteiger partial charge on any atom is -0.496 e. The van der Waals surface area contributed by atoms with Crippen molar-refractivity contribution in [2.24, 2.45) is 7.05 Å². The van der Waals surface area contributed by atoms with Crippen molar-refractivity contribution in [3.8, 4) is 5.75 Å². The van der Waals surface area contributed by atoms with Crippen molar-refractivity contribution in [2.75, 3.05) is 7.11 Å². The van der Waals surface area contributed by atoms with Gasteiger partial charge in [0.2, 0.25) is 0 Å². The standard InChI is InChI=1S/C14H17N3O4S/c1-9-13(10(2)17(3)15-9)22(19,20)16-14(18)11-7-5-6-8-12(11)21-4/h5-8H,1-4H3,(H,16,18). The number of ether oxygens (including phenoxy) is 1. The zero-order chi connectivity index (χ0) is 16.5. The molecule has 0 atom stereocenters. The number of nitrogens with zero attached hydrogens (tertiary/aromatic N) is 2. The number of hydrogen-bond acceptors (Lipinski definition) is 5. The van der Waals surface area contributed by atoms with Gasteiger partial charge in [0.25, 0.3) is 15.9 Å². The maximum absolute atomic E-state index is 12.4. The number of aryl methyl sites for hydroxylation is 2. The Morgan fingerprint density at radius 1 is 1.27 bits per heavy atom. The Hall–Kier alpha value is -2.35. The minimum absolute atomic E-state index is 0.0123. The second-order valence-electron chi connectivity index (χ2n) is 4.76. The van der Waals surface area contributed by atoms with Crippen LogP contribution in [0.2, 0.25) is 0 Å². The molecule has 0 aliphatic heterocycles. The Labute approximate surface area is 129 Å². The van der Waals surface area contributed by atoms with Crippen LogP contribution in [0.25, 0.3) is 0 Å². The van der Waals surface area contributed by atoms with Gasteiger partial charge < -0.3 is 4.74 Å². The molecule has 0 aliphatic rings. The SMILES string of the molecule is COc1ccccc1C(=O)NS(=O)(=O)c1c(C)nn(C)c1C. The summed E-state index contributed by atoms with van der Waals surface area (Å²) in [6.45, 7) is 3.21. The van der Waals surface area contributed by atoms with E-state index in [9.17, 15) is 13.2 Å². The first kappa shape index (κ1) is 16.0. The second kappa shape index (κ2) is 5.80. The van der Waals surface area contributed by atoms with Gasteiger partial charge in [0, 0.05) is 7.05 Å². The van der Waals surface area contributed by atoms with Crippen molar-refractivity contribution in [3.63, 3.8) is 0 Å². The Morgan fingerprint density at radius 3 is 2.45 bits per heavy atom. The molecule has 0 bridgehead atoms. The lowest BCUT2D eigenvalue weighted by molar-refractivity contribution is 0.0978. The normalized spacial score (nSPS) is 11.3. The number of sulfonamides is 1. The van der Waals surface area contributed by atoms with Crippen LogP contribution >= 0.6 is 0 Å². The molecule has 0 unspecified atom stereocenters. The fourth-order valence-electron chi connectivity index (χ4n) is 2.20. The molecule has 118 valence electrons. The lowest BCUT2D eigenvalue weighted by Gasteiger charge is -2.10. The third-order valence-corrected chi connectivity index (χ3v) is 4.87. The van der Waals surface area contributed by atoms with Crippen LogP contribution in [0, 0.1) is 13.8 Å². The van der Waals surface area contributed by atoms with Gasteiger partial charge in [-0.25, -0.2) is 13.1 Å². The van der Waals surface area contributed by atoms with E-state index in [0.717, 1.165) is 0 Å². The van der Waals surface area contributed by atoms with Gasteiger partial charge >= 0.3 is 0 Å². The molecule has 0 saturated carbocycles. The number of benzene rings is 1. The predicted octanol–water partition coefficient (Wildman–Crippen LogP) is 1.16. The van der Waals surface area contributed by atoms with Crippen LogP contribution in [0.1, 0.15) is 21.7 Å². The topological polar surface area (TPSA) is 90.3 Å². The van der Waals surface area contributed by atoms with Crippen molar-refractivity contribution in [1.82, 2.24) is 14.5 Å². The highest BCUT2D eigenvalue weighted by Gasteiger charge is 2.27. The average molecular weight is 323 g/mol. The van der Waals surface area contributed by atoms with Crippen molar-refractivity contribution in [3.05, 3.63) is 41.2 Å². The average Bonchev–Trinajstić information content (AvgIpc) is 2.71. The quantitative estimate of drug-likeness (QED) is 0.912. The Kier molecular flexibility index (Phi) is 4.23. The molecule has 22 heavy (non-hydrogen) atoms. The highest BCUT2D eigenvalue weighted by Crippen LogP contribution is 2.21. The molecule has 0 radical (unpaired) electrons. The summed E-state index contributed by atoms with van der Waals surface area (Å²) in [4.78, 5) is 12.3. The van der Waals surface area contributed by atoms with Crippen molar-refractivity contribution >= 4 is 15.9 Å². The molecule has 1 amide bonds. The van der Waals surface area contributed by atoms with Gasteiger partial charge in [0.15, 0.2) is 0 Å². The van der Waals surface area contributed by atoms with E-state index in [0.29, 0.717) is 17.1 Å². The van der Waals surface area contributed by atoms with Gasteiger partial charge in [0.1, 0.15) is 10.6 Å². The summed E-state index contributed by atoms with van der Waals surface area (Å²) >= 11 is 0. The number of hydrogen-bond donors (Lipinski definition) is 1. The van der Waals surface area contributed by atoms with Crippen molar-refractivity contribution in [2.45, 2.75) is 18.7 Å². The molecule has 0 saturated heterocycles. The summed E-state index contributed by atoms with van der Waals surface area (Å²) in [5, 5.41) is 4.05. The van der Waals surface area contributed by atoms with E-state index in [1.165, 1.54) is 17.9 Å². The van der Waals surface area contributed by atoms with Gasteiger partial charge in [-0.3, -0.25) is 9.48 Å². The maximum atomic E-state index is 12.4. The van der Waals surface area contributed by atoms with Crippen molar-refractivity contribution in [1.29, 1.82) is 0 Å². The molecular weight excluding hydrogens is 306 g/mol. The summed E-state index contributed by atoms with van der Waals surface area (Å²) in [5.74, 6) is -0.449. The largest absolute Gasteiger partial charge is 0.496 e. The van der Waals surface area contributed by atoms with Crippen LogP contribution in [-0.4, -0.2) is 31.2 Å². The number of carbonyl (C=O) groups is 1. The smallest absolute Gasteiger partial charge is 0.268 e. The maximum Gasteiger partial charge on any atom is 0.268 e. The van der Waals surface area contributed by atoms with Crippen molar-refractivity contribution < 1.29 is 17.9 Å². The number of aromatic nitrogens is 2. The van der Waals surface area contributed by atoms with Crippen LogP contribution in [0.5, 0.6) is 5.75 Å². The number of para-hydroxylation sites is 1. The van der Waals surface area contributed by atoms with Crippen LogP contribution in [-0.2, 0) is 17.1 Å². The highest BCUT2D eigenvalue weighted by molar-refractivity contribution is 7.90. The van der Waals surface area contributed by atoms with E-state index in [1.54, 1.807) is 39.1 Å². The van der Waals surface area contributed by atoms with Crippen LogP contribution in [0.15, 0.2) is 29.2 Å². The molecule has 1 aromatic heterocycles. The summed E-state index contributed by atoms with van der Waals surface area (Å²) in [5.41, 5.74) is 0.936. The fraction of sp³-hybridized carbons (Fsp3) is 0.286. The summed E-state index contributed by atoms with van der Waals surface area (Å²) in [6.07, 6.45) is 0. The minimum atomic E-state index is -4.01. The van der Waals surface area contributed by atoms with Gasteiger partial charge in [-0.15, -0.1) is 0 Å². The zero-order valence-electron chi connectivity index (χ0n) is 12.7. The summed E-state index contributed by atoms with van der Waals surface area (Å²) in [7, 11) is -0.957. The first-order valence-corrected chi connectivity index (χ1v) is 7.96. The summed E-state index contributed by atoms with van der Waals surface area (Å²) in [6, 6.07) is 6.40. The monoisotopic (exact) mass is 323 g/mol. The molecule has 1 heterocycles. The zero-order valence-corrected chi connectivity index (χ0v) is 13.6. The van der Waals surface area contributed by atoms with E-state index in [-0.39, 0.29) is 10.5 Å². The van der Waals surface area contributed by atoms with Crippen LogP contribution < -0.4 is 9.46 Å². The van der Waals surface area contributed by atoms with Crippen LogP contribution in [0.4, 0.5) is 0 Å². The molecule has 0 aliphatic carbocycles. The van der Waals surface area contributed by atoms with E-state index in [2.05, 4.69) is 9.82 Å². The Balaban J connectivity index is 2.39. The lowest BCUT2D eigenvalue weighted by atomic mass is 10.2. The number of amides is 1. The number of carbonyl (C=O) groups excluding carboxylic acids is 1. The first-order valence-electron chi connectivity index (χ1n) is 6.48. The van der Waals surface area contributed by atoms with Gasteiger partial charge in [-0.1, -0.05) is 12.1 Å². The van der Waals surface area contributed by atoms with E-state index in [4.69, 9.17) is 4.74 Å². The Bertz CT molecular complexity index is 825. The molecule has 0 spiro atoms. The lowest BCUT2D eigenvalue weighted by Crippen LogP contribution is -2.31. The molecule has 8 heteroatoms. The molecule has 1 N–H and O–H groups in total. The number of methoxy groups -OCH3 is 1. The fourth-order valence-corrected chi connectivity index (χ4v) is 3.61. The van der Waals surface area contributed by atoms with Gasteiger partial charge in [-0.2, -0.15) is 5.10 Å². The predicted molar refractivity (Wildman–Crippen MR) is 80.3 cm³/mol. The summed E-state index contributed by atoms with van der Waals surface area (Å²) < 4.78 is 33.5. The van der Waals surface area contributed by atoms with Crippen LogP contribution in [0.3, 0.4) is 0 Å². The molecule has 1 aromatic carbocycles. The molecule has 2 aromatic rings. The molecule has 0 fully saturated rings. The number of rotatable bonds is 4. The highest BCUT2D eigenvalue weighted by atomic mass is 32.2. The third kappa shape index (κ3) is 2.82. The first-order chi connectivity index (χ1) is 10.3. The van der Waals surface area contributed by atoms with E-state index >= 15 is 0 Å². The Morgan fingerprint density at radius 2 is 1.91 bits per heavy atom. The molecular formula is C14H17N3O4S. The second-order valence-corrected chi connectivity index (χ2v) is 6.38.